The van der Waals surface area contributed by atoms with Crippen LogP contribution in [0, 0.1) is 0 Å². The van der Waals surface area contributed by atoms with Crippen molar-refractivity contribution >= 4 is 34.5 Å². The lowest BCUT2D eigenvalue weighted by atomic mass is 10.1. The van der Waals surface area contributed by atoms with Crippen molar-refractivity contribution in [3.63, 3.8) is 0 Å². The van der Waals surface area contributed by atoms with Gasteiger partial charge in [0.2, 0.25) is 5.95 Å². The van der Waals surface area contributed by atoms with Crippen LogP contribution in [-0.4, -0.2) is 21.5 Å². The predicted molar refractivity (Wildman–Crippen MR) is 90.9 cm³/mol. The normalized spacial score (nSPS) is 11.4. The van der Waals surface area contributed by atoms with E-state index in [4.69, 9.17) is 16.3 Å². The summed E-state index contributed by atoms with van der Waals surface area (Å²) in [7, 11) is 0. The first kappa shape index (κ1) is 15.4. The second kappa shape index (κ2) is 5.93. The summed E-state index contributed by atoms with van der Waals surface area (Å²) in [6.07, 6.45) is 0. The second-order valence-electron chi connectivity index (χ2n) is 5.62. The van der Waals surface area contributed by atoms with Crippen LogP contribution in [0.4, 0.5) is 5.95 Å². The van der Waals surface area contributed by atoms with E-state index in [9.17, 15) is 4.79 Å². The number of aromatic nitrogens is 2. The fourth-order valence-electron chi connectivity index (χ4n) is 2.11. The Bertz CT molecular complexity index is 807. The van der Waals surface area contributed by atoms with Crippen molar-refractivity contribution in [3.05, 3.63) is 53.6 Å². The highest BCUT2D eigenvalue weighted by molar-refractivity contribution is 6.30. The average molecular weight is 330 g/mol. The molecule has 0 aliphatic carbocycles. The Hall–Kier alpha value is -2.53. The third-order valence-corrected chi connectivity index (χ3v) is 3.61. The van der Waals surface area contributed by atoms with Crippen molar-refractivity contribution in [2.75, 3.05) is 5.32 Å². The number of ether oxygens (including phenoxy) is 1. The number of aromatic amines is 1. The fourth-order valence-corrected chi connectivity index (χ4v) is 2.24. The minimum absolute atomic E-state index is 0.300. The monoisotopic (exact) mass is 329 g/mol. The lowest BCUT2D eigenvalue weighted by Gasteiger charge is -2.24. The van der Waals surface area contributed by atoms with Gasteiger partial charge >= 0.3 is 0 Å². The molecule has 3 aromatic rings. The van der Waals surface area contributed by atoms with Crippen molar-refractivity contribution in [2.45, 2.75) is 19.4 Å². The van der Waals surface area contributed by atoms with E-state index in [1.54, 1.807) is 38.1 Å². The van der Waals surface area contributed by atoms with E-state index < -0.39 is 5.60 Å². The molecule has 1 amide bonds. The third-order valence-electron chi connectivity index (χ3n) is 3.35. The number of imidazole rings is 1. The maximum absolute atomic E-state index is 12.5. The van der Waals surface area contributed by atoms with Crippen LogP contribution in [0.15, 0.2) is 48.5 Å². The molecule has 1 heterocycles. The van der Waals surface area contributed by atoms with Gasteiger partial charge in [0.1, 0.15) is 5.75 Å². The number of nitrogens with zero attached hydrogens (tertiary/aromatic N) is 1. The number of hydrogen-bond donors (Lipinski definition) is 2. The highest BCUT2D eigenvalue weighted by atomic mass is 35.5. The van der Waals surface area contributed by atoms with E-state index in [0.717, 1.165) is 11.0 Å². The van der Waals surface area contributed by atoms with Crippen molar-refractivity contribution in [3.8, 4) is 5.75 Å². The number of para-hydroxylation sites is 2. The van der Waals surface area contributed by atoms with E-state index in [1.807, 2.05) is 24.3 Å². The number of anilines is 1. The number of fused-ring (bicyclic) bond motifs is 1. The van der Waals surface area contributed by atoms with Gasteiger partial charge in [-0.05, 0) is 50.2 Å². The Balaban J connectivity index is 1.74. The maximum atomic E-state index is 12.5. The third kappa shape index (κ3) is 3.46. The van der Waals surface area contributed by atoms with E-state index in [-0.39, 0.29) is 5.91 Å². The molecule has 0 unspecified atom stereocenters. The molecule has 0 atom stereocenters. The Kier molecular flexibility index (Phi) is 3.96. The van der Waals surface area contributed by atoms with Crippen LogP contribution >= 0.6 is 11.6 Å². The number of carbonyl (C=O) groups is 1. The minimum atomic E-state index is -1.06. The Morgan fingerprint density at radius 1 is 1.17 bits per heavy atom. The Labute approximate surface area is 138 Å². The lowest BCUT2D eigenvalue weighted by molar-refractivity contribution is -0.128. The van der Waals surface area contributed by atoms with Gasteiger partial charge in [-0.3, -0.25) is 10.1 Å². The van der Waals surface area contributed by atoms with Crippen LogP contribution < -0.4 is 10.1 Å². The molecule has 118 valence electrons. The number of rotatable bonds is 4. The van der Waals surface area contributed by atoms with E-state index in [2.05, 4.69) is 15.3 Å². The molecule has 2 N–H and O–H groups in total. The van der Waals surface area contributed by atoms with Gasteiger partial charge in [0.05, 0.1) is 11.0 Å². The van der Waals surface area contributed by atoms with Crippen molar-refractivity contribution < 1.29 is 9.53 Å². The molecule has 0 spiro atoms. The summed E-state index contributed by atoms with van der Waals surface area (Å²) in [5.41, 5.74) is 0.589. The SMILES string of the molecule is CC(C)(Oc1ccc(Cl)cc1)C(=O)Nc1nc2ccccc2[nH]1. The van der Waals surface area contributed by atoms with Crippen molar-refractivity contribution in [1.29, 1.82) is 0 Å². The van der Waals surface area contributed by atoms with Gasteiger partial charge in [-0.15, -0.1) is 0 Å². The lowest BCUT2D eigenvalue weighted by Crippen LogP contribution is -2.42. The van der Waals surface area contributed by atoms with E-state index >= 15 is 0 Å². The zero-order chi connectivity index (χ0) is 16.4. The molecule has 0 aliphatic heterocycles. The van der Waals surface area contributed by atoms with Crippen molar-refractivity contribution in [1.82, 2.24) is 9.97 Å². The predicted octanol–water partition coefficient (Wildman–Crippen LogP) is 4.01. The topological polar surface area (TPSA) is 67.0 Å². The summed E-state index contributed by atoms with van der Waals surface area (Å²) in [5, 5.41) is 3.36. The molecule has 2 aromatic carbocycles. The molecule has 0 fully saturated rings. The van der Waals surface area contributed by atoms with Crippen LogP contribution in [0.2, 0.25) is 5.02 Å². The maximum Gasteiger partial charge on any atom is 0.270 e. The van der Waals surface area contributed by atoms with Crippen LogP contribution in [-0.2, 0) is 4.79 Å². The van der Waals surface area contributed by atoms with Gasteiger partial charge < -0.3 is 9.72 Å². The smallest absolute Gasteiger partial charge is 0.270 e. The van der Waals surface area contributed by atoms with Crippen LogP contribution in [0.1, 0.15) is 13.8 Å². The zero-order valence-electron chi connectivity index (χ0n) is 12.8. The quantitative estimate of drug-likeness (QED) is 0.760. The summed E-state index contributed by atoms with van der Waals surface area (Å²) in [4.78, 5) is 19.8. The summed E-state index contributed by atoms with van der Waals surface area (Å²) < 4.78 is 5.75. The van der Waals surface area contributed by atoms with Crippen LogP contribution in [0.5, 0.6) is 5.75 Å². The largest absolute Gasteiger partial charge is 0.478 e. The van der Waals surface area contributed by atoms with Crippen molar-refractivity contribution in [2.24, 2.45) is 0 Å². The highest BCUT2D eigenvalue weighted by Crippen LogP contribution is 2.22. The summed E-state index contributed by atoms with van der Waals surface area (Å²) >= 11 is 5.84. The molecule has 23 heavy (non-hydrogen) atoms. The number of carbonyl (C=O) groups excluding carboxylic acids is 1. The van der Waals surface area contributed by atoms with E-state index in [0.29, 0.717) is 16.7 Å². The molecule has 1 aromatic heterocycles. The van der Waals surface area contributed by atoms with Gasteiger partial charge in [-0.2, -0.15) is 0 Å². The first-order valence-electron chi connectivity index (χ1n) is 7.15. The van der Waals surface area contributed by atoms with Crippen LogP contribution in [0.3, 0.4) is 0 Å². The van der Waals surface area contributed by atoms with Crippen LogP contribution in [0.25, 0.3) is 11.0 Å². The molecule has 0 saturated heterocycles. The first-order valence-corrected chi connectivity index (χ1v) is 7.53. The molecule has 3 rings (SSSR count). The fraction of sp³-hybridized carbons (Fsp3) is 0.176. The van der Waals surface area contributed by atoms with Gasteiger partial charge in [0, 0.05) is 5.02 Å². The highest BCUT2D eigenvalue weighted by Gasteiger charge is 2.30. The second-order valence-corrected chi connectivity index (χ2v) is 6.06. The Morgan fingerprint density at radius 2 is 1.87 bits per heavy atom. The number of amides is 1. The summed E-state index contributed by atoms with van der Waals surface area (Å²) in [6.45, 7) is 3.39. The zero-order valence-corrected chi connectivity index (χ0v) is 13.5. The summed E-state index contributed by atoms with van der Waals surface area (Å²) in [5.74, 6) is 0.662. The molecule has 5 nitrogen and oxygen atoms in total. The number of H-pyrrole nitrogens is 1. The molecular weight excluding hydrogens is 314 g/mol. The van der Waals surface area contributed by atoms with E-state index in [1.165, 1.54) is 0 Å². The van der Waals surface area contributed by atoms with Gasteiger partial charge in [-0.25, -0.2) is 4.98 Å². The average Bonchev–Trinajstić information content (AvgIpc) is 2.91. The number of nitrogens with one attached hydrogen (secondary N) is 2. The molecule has 0 bridgehead atoms. The molecule has 0 saturated carbocycles. The molecule has 6 heteroatoms. The van der Waals surface area contributed by atoms with Gasteiger partial charge in [-0.1, -0.05) is 23.7 Å². The summed E-state index contributed by atoms with van der Waals surface area (Å²) in [6, 6.07) is 14.4. The standard InChI is InChI=1S/C17H16ClN3O2/c1-17(2,23-12-9-7-11(18)8-10-12)15(22)21-16-19-13-5-3-4-6-14(13)20-16/h3-10H,1-2H3,(H2,19,20,21,22). The molecule has 0 aliphatic rings. The number of halogens is 1. The number of hydrogen-bond acceptors (Lipinski definition) is 3. The van der Waals surface area contributed by atoms with Gasteiger partial charge in [0.15, 0.2) is 5.60 Å². The van der Waals surface area contributed by atoms with Gasteiger partial charge in [0.25, 0.3) is 5.91 Å². The molecule has 0 radical (unpaired) electrons. The molecular formula is C17H16ClN3O2. The Morgan fingerprint density at radius 3 is 2.57 bits per heavy atom. The minimum Gasteiger partial charge on any atom is -0.478 e. The number of benzene rings is 2. The first-order chi connectivity index (χ1) is 10.9.